The van der Waals surface area contributed by atoms with Crippen LogP contribution in [0.1, 0.15) is 27.2 Å². The Labute approximate surface area is 110 Å². The smallest absolute Gasteiger partial charge is 0.343 e. The third-order valence-corrected chi connectivity index (χ3v) is 3.91. The predicted molar refractivity (Wildman–Crippen MR) is 69.7 cm³/mol. The number of thioether (sulfide) groups is 1. The minimum absolute atomic E-state index is 0.213. The van der Waals surface area contributed by atoms with Gasteiger partial charge in [-0.15, -0.1) is 5.10 Å². The van der Waals surface area contributed by atoms with Gasteiger partial charge < -0.3 is 4.74 Å². The van der Waals surface area contributed by atoms with Gasteiger partial charge in [-0.25, -0.2) is 9.89 Å². The average molecular weight is 273 g/mol. The van der Waals surface area contributed by atoms with Crippen LogP contribution in [0.5, 0.6) is 0 Å². The number of carbonyl (C=O) groups is 1. The molecule has 1 aromatic rings. The Kier molecular flexibility index (Phi) is 5.01. The number of nitrogens with one attached hydrogen (secondary N) is 1. The van der Waals surface area contributed by atoms with Crippen LogP contribution in [0.25, 0.3) is 0 Å². The van der Waals surface area contributed by atoms with E-state index in [1.165, 1.54) is 18.9 Å². The first-order valence-corrected chi connectivity index (χ1v) is 6.77. The molecule has 1 heterocycles. The van der Waals surface area contributed by atoms with E-state index in [0.717, 1.165) is 6.42 Å². The first-order valence-electron chi connectivity index (χ1n) is 5.78. The van der Waals surface area contributed by atoms with Gasteiger partial charge in [0.05, 0.1) is 12.5 Å². The molecule has 1 N–H and O–H groups in total. The molecule has 0 aliphatic rings. The van der Waals surface area contributed by atoms with E-state index in [9.17, 15) is 9.59 Å². The maximum absolute atomic E-state index is 11.5. The zero-order valence-electron chi connectivity index (χ0n) is 11.1. The molecular weight excluding hydrogens is 254 g/mol. The minimum Gasteiger partial charge on any atom is -0.469 e. The second-order valence-electron chi connectivity index (χ2n) is 4.63. The average Bonchev–Trinajstić information content (AvgIpc) is 2.68. The Morgan fingerprint density at radius 3 is 2.78 bits per heavy atom. The molecule has 0 unspecified atom stereocenters. The summed E-state index contributed by atoms with van der Waals surface area (Å²) in [5, 5.41) is 6.99. The van der Waals surface area contributed by atoms with Crippen molar-refractivity contribution in [2.75, 3.05) is 12.9 Å². The number of nitrogens with zero attached hydrogens (tertiary/aromatic N) is 2. The minimum atomic E-state index is -0.606. The van der Waals surface area contributed by atoms with E-state index in [4.69, 9.17) is 4.74 Å². The highest BCUT2D eigenvalue weighted by Gasteiger charge is 2.29. The van der Waals surface area contributed by atoms with Gasteiger partial charge in [-0.2, -0.15) is 0 Å². The van der Waals surface area contributed by atoms with Crippen molar-refractivity contribution >= 4 is 17.7 Å². The highest BCUT2D eigenvalue weighted by molar-refractivity contribution is 7.99. The molecule has 0 amide bonds. The number of aromatic amines is 1. The second kappa shape index (κ2) is 6.08. The molecule has 0 aromatic carbocycles. The number of carbonyl (C=O) groups excluding carboxylic acids is 1. The lowest BCUT2D eigenvalue weighted by Gasteiger charge is -2.20. The largest absolute Gasteiger partial charge is 0.469 e. The van der Waals surface area contributed by atoms with Gasteiger partial charge in [0.2, 0.25) is 0 Å². The molecule has 0 spiro atoms. The molecule has 0 atom stereocenters. The van der Waals surface area contributed by atoms with Gasteiger partial charge in [-0.3, -0.25) is 9.36 Å². The Bertz CT molecular complexity index is 464. The summed E-state index contributed by atoms with van der Waals surface area (Å²) < 4.78 is 6.32. The predicted octanol–water partition coefficient (Wildman–Crippen LogP) is 1.27. The van der Waals surface area contributed by atoms with Gasteiger partial charge in [0, 0.05) is 12.3 Å². The standard InChI is InChI=1S/C11H19N3O3S/c1-5-6-14-9(16)12-13-10(14)18-7-11(2,3)8(15)17-4/h5-7H2,1-4H3,(H,12,16). The van der Waals surface area contributed by atoms with Crippen molar-refractivity contribution in [2.24, 2.45) is 5.41 Å². The van der Waals surface area contributed by atoms with Crippen LogP contribution in [0.3, 0.4) is 0 Å². The zero-order valence-corrected chi connectivity index (χ0v) is 12.0. The number of aromatic nitrogens is 3. The van der Waals surface area contributed by atoms with Crippen molar-refractivity contribution in [3.8, 4) is 0 Å². The number of H-pyrrole nitrogens is 1. The molecule has 0 aliphatic carbocycles. The van der Waals surface area contributed by atoms with Crippen LogP contribution in [-0.2, 0) is 16.1 Å². The topological polar surface area (TPSA) is 77.0 Å². The lowest BCUT2D eigenvalue weighted by Crippen LogP contribution is -2.28. The number of methoxy groups -OCH3 is 1. The van der Waals surface area contributed by atoms with Crippen molar-refractivity contribution in [3.05, 3.63) is 10.5 Å². The quantitative estimate of drug-likeness (QED) is 0.624. The first kappa shape index (κ1) is 14.8. The van der Waals surface area contributed by atoms with Crippen LogP contribution in [0, 0.1) is 5.41 Å². The van der Waals surface area contributed by atoms with Crippen LogP contribution < -0.4 is 5.69 Å². The van der Waals surface area contributed by atoms with Crippen molar-refractivity contribution in [1.29, 1.82) is 0 Å². The summed E-state index contributed by atoms with van der Waals surface area (Å²) in [7, 11) is 1.37. The summed E-state index contributed by atoms with van der Waals surface area (Å²) in [5.41, 5.74) is -0.818. The third-order valence-electron chi connectivity index (χ3n) is 2.47. The number of hydrogen-bond donors (Lipinski definition) is 1. The second-order valence-corrected chi connectivity index (χ2v) is 5.57. The van der Waals surface area contributed by atoms with E-state index in [1.54, 1.807) is 18.4 Å². The van der Waals surface area contributed by atoms with E-state index in [0.29, 0.717) is 17.5 Å². The van der Waals surface area contributed by atoms with Gasteiger partial charge >= 0.3 is 11.7 Å². The van der Waals surface area contributed by atoms with E-state index in [1.807, 2.05) is 6.92 Å². The normalized spacial score (nSPS) is 11.6. The highest BCUT2D eigenvalue weighted by Crippen LogP contribution is 2.27. The fourth-order valence-corrected chi connectivity index (χ4v) is 2.46. The van der Waals surface area contributed by atoms with E-state index < -0.39 is 5.41 Å². The van der Waals surface area contributed by atoms with Crippen molar-refractivity contribution in [3.63, 3.8) is 0 Å². The number of hydrogen-bond acceptors (Lipinski definition) is 5. The lowest BCUT2D eigenvalue weighted by atomic mass is 9.97. The van der Waals surface area contributed by atoms with E-state index in [-0.39, 0.29) is 11.7 Å². The Hall–Kier alpha value is -1.24. The van der Waals surface area contributed by atoms with Crippen LogP contribution in [0.2, 0.25) is 0 Å². The molecule has 102 valence electrons. The van der Waals surface area contributed by atoms with E-state index >= 15 is 0 Å². The third kappa shape index (κ3) is 3.38. The summed E-state index contributed by atoms with van der Waals surface area (Å²) in [4.78, 5) is 23.0. The van der Waals surface area contributed by atoms with Crippen LogP contribution in [-0.4, -0.2) is 33.6 Å². The van der Waals surface area contributed by atoms with Crippen molar-refractivity contribution in [2.45, 2.75) is 38.9 Å². The molecule has 0 bridgehead atoms. The van der Waals surface area contributed by atoms with Gasteiger partial charge in [-0.1, -0.05) is 18.7 Å². The molecule has 1 rings (SSSR count). The monoisotopic (exact) mass is 273 g/mol. The molecule has 6 nitrogen and oxygen atoms in total. The molecule has 18 heavy (non-hydrogen) atoms. The highest BCUT2D eigenvalue weighted by atomic mass is 32.2. The lowest BCUT2D eigenvalue weighted by molar-refractivity contribution is -0.149. The van der Waals surface area contributed by atoms with Crippen LogP contribution in [0.4, 0.5) is 0 Å². The zero-order chi connectivity index (χ0) is 13.8. The number of esters is 1. The maximum Gasteiger partial charge on any atom is 0.343 e. The summed E-state index contributed by atoms with van der Waals surface area (Å²) in [6.07, 6.45) is 0.855. The number of ether oxygens (including phenoxy) is 1. The van der Waals surface area contributed by atoms with Crippen molar-refractivity contribution < 1.29 is 9.53 Å². The molecule has 0 saturated carbocycles. The molecular formula is C11H19N3O3S. The summed E-state index contributed by atoms with van der Waals surface area (Å²) in [5.74, 6) is 0.239. The van der Waals surface area contributed by atoms with E-state index in [2.05, 4.69) is 10.2 Å². The molecule has 0 saturated heterocycles. The van der Waals surface area contributed by atoms with Gasteiger partial charge in [0.25, 0.3) is 0 Å². The molecule has 7 heteroatoms. The summed E-state index contributed by atoms with van der Waals surface area (Å²) in [6.45, 7) is 6.23. The summed E-state index contributed by atoms with van der Waals surface area (Å²) >= 11 is 1.38. The fourth-order valence-electron chi connectivity index (χ4n) is 1.41. The Morgan fingerprint density at radius 1 is 1.56 bits per heavy atom. The SMILES string of the molecule is CCCn1c(SCC(C)(C)C(=O)OC)n[nH]c1=O. The van der Waals surface area contributed by atoms with Crippen LogP contribution >= 0.6 is 11.8 Å². The first-order chi connectivity index (χ1) is 8.42. The fraction of sp³-hybridized carbons (Fsp3) is 0.727. The van der Waals surface area contributed by atoms with Gasteiger partial charge in [0.15, 0.2) is 5.16 Å². The van der Waals surface area contributed by atoms with Crippen molar-refractivity contribution in [1.82, 2.24) is 14.8 Å². The summed E-state index contributed by atoms with van der Waals surface area (Å²) in [6, 6.07) is 0. The molecule has 0 fully saturated rings. The van der Waals surface area contributed by atoms with Gasteiger partial charge in [0.1, 0.15) is 0 Å². The molecule has 0 aliphatic heterocycles. The molecule has 0 radical (unpaired) electrons. The molecule has 1 aromatic heterocycles. The van der Waals surface area contributed by atoms with Crippen LogP contribution in [0.15, 0.2) is 9.95 Å². The Balaban J connectivity index is 2.75. The maximum atomic E-state index is 11.5. The Morgan fingerprint density at radius 2 is 2.22 bits per heavy atom. The van der Waals surface area contributed by atoms with Gasteiger partial charge in [-0.05, 0) is 20.3 Å². The number of rotatable bonds is 6.